The number of rotatable bonds is 8. The van der Waals surface area contributed by atoms with E-state index in [1.807, 2.05) is 13.1 Å². The molecule has 0 aliphatic rings. The van der Waals surface area contributed by atoms with E-state index in [0.717, 1.165) is 22.9 Å². The SMILES string of the molecule is CCCC(NC)C(=O)C(=O)NCCc1c[nH]c2ccc(O)cc12. The maximum atomic E-state index is 12.0. The molecule has 2 rings (SSSR count). The van der Waals surface area contributed by atoms with Crippen LogP contribution in [0.3, 0.4) is 0 Å². The molecule has 1 aromatic carbocycles. The molecule has 2 aromatic rings. The van der Waals surface area contributed by atoms with Gasteiger partial charge >= 0.3 is 0 Å². The number of Topliss-reactive ketones (excluding diaryl/α,β-unsaturated/α-hetero) is 1. The number of benzene rings is 1. The number of likely N-dealkylation sites (N-methyl/N-ethyl adjacent to an activating group) is 1. The van der Waals surface area contributed by atoms with Gasteiger partial charge in [0.05, 0.1) is 6.04 Å². The maximum absolute atomic E-state index is 12.0. The van der Waals surface area contributed by atoms with Crippen molar-refractivity contribution in [3.8, 4) is 5.75 Å². The van der Waals surface area contributed by atoms with Gasteiger partial charge in [-0.2, -0.15) is 0 Å². The third-order valence-electron chi connectivity index (χ3n) is 3.90. The lowest BCUT2D eigenvalue weighted by atomic mass is 10.1. The lowest BCUT2D eigenvalue weighted by Gasteiger charge is -2.13. The molecule has 1 heterocycles. The van der Waals surface area contributed by atoms with Crippen LogP contribution in [0.5, 0.6) is 5.75 Å². The number of nitrogens with one attached hydrogen (secondary N) is 3. The van der Waals surface area contributed by atoms with E-state index in [0.29, 0.717) is 19.4 Å². The number of hydrogen-bond donors (Lipinski definition) is 4. The van der Waals surface area contributed by atoms with Gasteiger partial charge in [-0.1, -0.05) is 13.3 Å². The maximum Gasteiger partial charge on any atom is 0.289 e. The summed E-state index contributed by atoms with van der Waals surface area (Å²) in [5.74, 6) is -0.777. The van der Waals surface area contributed by atoms with Crippen LogP contribution in [0.1, 0.15) is 25.3 Å². The number of aromatic amines is 1. The number of aromatic hydroxyl groups is 1. The molecule has 23 heavy (non-hydrogen) atoms. The monoisotopic (exact) mass is 317 g/mol. The molecule has 0 saturated carbocycles. The zero-order valence-corrected chi connectivity index (χ0v) is 13.5. The van der Waals surface area contributed by atoms with Gasteiger partial charge in [0, 0.05) is 23.6 Å². The first-order chi connectivity index (χ1) is 11.1. The van der Waals surface area contributed by atoms with Crippen LogP contribution in [0.2, 0.25) is 0 Å². The van der Waals surface area contributed by atoms with Crippen molar-refractivity contribution in [2.24, 2.45) is 0 Å². The number of H-pyrrole nitrogens is 1. The molecule has 0 aliphatic heterocycles. The van der Waals surface area contributed by atoms with Gasteiger partial charge in [-0.15, -0.1) is 0 Å². The first-order valence-corrected chi connectivity index (χ1v) is 7.85. The third kappa shape index (κ3) is 4.10. The lowest BCUT2D eigenvalue weighted by Crippen LogP contribution is -2.44. The fourth-order valence-electron chi connectivity index (χ4n) is 2.62. The second-order valence-corrected chi connectivity index (χ2v) is 5.54. The van der Waals surface area contributed by atoms with E-state index in [1.54, 1.807) is 25.2 Å². The Morgan fingerprint density at radius 1 is 1.35 bits per heavy atom. The molecular weight excluding hydrogens is 294 g/mol. The van der Waals surface area contributed by atoms with Crippen LogP contribution in [0.15, 0.2) is 24.4 Å². The molecule has 1 amide bonds. The number of fused-ring (bicyclic) bond motifs is 1. The van der Waals surface area contributed by atoms with Crippen molar-refractivity contribution in [3.63, 3.8) is 0 Å². The zero-order valence-electron chi connectivity index (χ0n) is 13.5. The number of phenols is 1. The molecule has 4 N–H and O–H groups in total. The molecule has 1 unspecified atom stereocenters. The van der Waals surface area contributed by atoms with Crippen LogP contribution < -0.4 is 10.6 Å². The molecule has 0 fully saturated rings. The highest BCUT2D eigenvalue weighted by Crippen LogP contribution is 2.22. The topological polar surface area (TPSA) is 94.2 Å². The fraction of sp³-hybridized carbons (Fsp3) is 0.412. The average Bonchev–Trinajstić information content (AvgIpc) is 2.94. The summed E-state index contributed by atoms with van der Waals surface area (Å²) in [6, 6.07) is 4.68. The number of ketones is 1. The molecule has 0 saturated heterocycles. The fourth-order valence-corrected chi connectivity index (χ4v) is 2.62. The highest BCUT2D eigenvalue weighted by molar-refractivity contribution is 6.38. The predicted octanol–water partition coefficient (Wildman–Crippen LogP) is 1.49. The Hall–Kier alpha value is -2.34. The van der Waals surface area contributed by atoms with E-state index in [1.165, 1.54) is 0 Å². The van der Waals surface area contributed by atoms with Crippen LogP contribution in [0.25, 0.3) is 10.9 Å². The number of phenolic OH excluding ortho intramolecular Hbond substituents is 1. The molecule has 0 aliphatic carbocycles. The molecule has 0 spiro atoms. The minimum Gasteiger partial charge on any atom is -0.508 e. The highest BCUT2D eigenvalue weighted by Gasteiger charge is 2.22. The molecule has 0 radical (unpaired) electrons. The predicted molar refractivity (Wildman–Crippen MR) is 89.4 cm³/mol. The van der Waals surface area contributed by atoms with Gasteiger partial charge in [-0.3, -0.25) is 9.59 Å². The van der Waals surface area contributed by atoms with E-state index >= 15 is 0 Å². The van der Waals surface area contributed by atoms with Crippen molar-refractivity contribution in [2.45, 2.75) is 32.2 Å². The van der Waals surface area contributed by atoms with E-state index in [4.69, 9.17) is 0 Å². The standard InChI is InChI=1S/C17H23N3O3/c1-3-4-15(18-2)16(22)17(23)19-8-7-11-10-20-14-6-5-12(21)9-13(11)14/h5-6,9-10,15,18,20-21H,3-4,7-8H2,1-2H3,(H,19,23). The molecule has 124 valence electrons. The summed E-state index contributed by atoms with van der Waals surface area (Å²) in [7, 11) is 1.68. The summed E-state index contributed by atoms with van der Waals surface area (Å²) in [5.41, 5.74) is 1.92. The molecule has 1 aromatic heterocycles. The first-order valence-electron chi connectivity index (χ1n) is 7.85. The van der Waals surface area contributed by atoms with E-state index < -0.39 is 17.7 Å². The van der Waals surface area contributed by atoms with Crippen molar-refractivity contribution in [1.82, 2.24) is 15.6 Å². The Morgan fingerprint density at radius 2 is 2.13 bits per heavy atom. The number of amides is 1. The quantitative estimate of drug-likeness (QED) is 0.555. The second-order valence-electron chi connectivity index (χ2n) is 5.54. The zero-order chi connectivity index (χ0) is 16.8. The van der Waals surface area contributed by atoms with Gasteiger partial charge in [0.25, 0.3) is 5.91 Å². The number of carbonyl (C=O) groups excluding carboxylic acids is 2. The van der Waals surface area contributed by atoms with Gasteiger partial charge in [0.1, 0.15) is 5.75 Å². The summed E-state index contributed by atoms with van der Waals surface area (Å²) < 4.78 is 0. The van der Waals surface area contributed by atoms with Crippen LogP contribution in [0, 0.1) is 0 Å². The Labute approximate surface area is 135 Å². The van der Waals surface area contributed by atoms with Crippen molar-refractivity contribution < 1.29 is 14.7 Å². The molecule has 6 heteroatoms. The van der Waals surface area contributed by atoms with E-state index in [-0.39, 0.29) is 5.75 Å². The Bertz CT molecular complexity index is 693. The second kappa shape index (κ2) is 7.78. The van der Waals surface area contributed by atoms with E-state index in [2.05, 4.69) is 15.6 Å². The summed E-state index contributed by atoms with van der Waals surface area (Å²) in [6.07, 6.45) is 3.92. The van der Waals surface area contributed by atoms with Crippen molar-refractivity contribution >= 4 is 22.6 Å². The normalized spacial score (nSPS) is 12.3. The minimum absolute atomic E-state index is 0.203. The smallest absolute Gasteiger partial charge is 0.289 e. The Kier molecular flexibility index (Phi) is 5.76. The van der Waals surface area contributed by atoms with Crippen LogP contribution in [-0.2, 0) is 16.0 Å². The van der Waals surface area contributed by atoms with Crippen molar-refractivity contribution in [1.29, 1.82) is 0 Å². The summed E-state index contributed by atoms with van der Waals surface area (Å²) in [4.78, 5) is 27.0. The average molecular weight is 317 g/mol. The highest BCUT2D eigenvalue weighted by atomic mass is 16.3. The Balaban J connectivity index is 1.92. The third-order valence-corrected chi connectivity index (χ3v) is 3.90. The number of aromatic nitrogens is 1. The van der Waals surface area contributed by atoms with Crippen LogP contribution in [0.4, 0.5) is 0 Å². The van der Waals surface area contributed by atoms with Crippen molar-refractivity contribution in [3.05, 3.63) is 30.0 Å². The Morgan fingerprint density at radius 3 is 2.83 bits per heavy atom. The molecule has 1 atom stereocenters. The summed E-state index contributed by atoms with van der Waals surface area (Å²) in [5, 5.41) is 16.0. The first kappa shape index (κ1) is 17.0. The molecule has 0 bridgehead atoms. The minimum atomic E-state index is -0.555. The summed E-state index contributed by atoms with van der Waals surface area (Å²) >= 11 is 0. The molecule has 6 nitrogen and oxygen atoms in total. The summed E-state index contributed by atoms with van der Waals surface area (Å²) in [6.45, 7) is 2.34. The van der Waals surface area contributed by atoms with Gasteiger partial charge in [0.15, 0.2) is 0 Å². The lowest BCUT2D eigenvalue weighted by molar-refractivity contribution is -0.139. The van der Waals surface area contributed by atoms with Crippen LogP contribution in [-0.4, -0.2) is 41.4 Å². The number of hydrogen-bond acceptors (Lipinski definition) is 4. The van der Waals surface area contributed by atoms with Gasteiger partial charge in [0.2, 0.25) is 5.78 Å². The number of carbonyl (C=O) groups is 2. The van der Waals surface area contributed by atoms with Gasteiger partial charge < -0.3 is 20.7 Å². The van der Waals surface area contributed by atoms with Crippen molar-refractivity contribution in [2.75, 3.05) is 13.6 Å². The largest absolute Gasteiger partial charge is 0.508 e. The van der Waals surface area contributed by atoms with Gasteiger partial charge in [-0.25, -0.2) is 0 Å². The molecular formula is C17H23N3O3. The van der Waals surface area contributed by atoms with Gasteiger partial charge in [-0.05, 0) is 43.7 Å². The van der Waals surface area contributed by atoms with Crippen LogP contribution >= 0.6 is 0 Å². The van der Waals surface area contributed by atoms with E-state index in [9.17, 15) is 14.7 Å².